The van der Waals surface area contributed by atoms with Crippen molar-refractivity contribution in [3.8, 4) is 5.75 Å². The van der Waals surface area contributed by atoms with Crippen molar-refractivity contribution in [2.75, 3.05) is 7.05 Å². The largest absolute Gasteiger partial charge is 0.477 e. The molecule has 1 aromatic carbocycles. The number of imide groups is 1. The van der Waals surface area contributed by atoms with Crippen LogP contribution < -0.4 is 15.4 Å². The van der Waals surface area contributed by atoms with Crippen LogP contribution in [0.2, 0.25) is 10.0 Å². The van der Waals surface area contributed by atoms with Crippen LogP contribution in [-0.2, 0) is 14.3 Å². The van der Waals surface area contributed by atoms with Crippen molar-refractivity contribution in [2.45, 2.75) is 26.1 Å². The summed E-state index contributed by atoms with van der Waals surface area (Å²) in [6.07, 6.45) is -2.17. The zero-order chi connectivity index (χ0) is 17.6. The van der Waals surface area contributed by atoms with Gasteiger partial charge < -0.3 is 14.8 Å². The summed E-state index contributed by atoms with van der Waals surface area (Å²) in [4.78, 5) is 34.5. The molecule has 1 aromatic rings. The molecule has 0 radical (unpaired) electrons. The standard InChI is InChI=1S/C14H16Cl2N2O5/c1-7(12(19)18-14(21)17-3)23-13(20)8(2)22-11-5-4-9(15)6-10(11)16/h4-8H,1-3H3,(H2,17,18,19,21)/t7-,8-/m1/s1. The number of rotatable bonds is 5. The Kier molecular flexibility index (Phi) is 7.12. The van der Waals surface area contributed by atoms with Crippen LogP contribution in [0.3, 0.4) is 0 Å². The van der Waals surface area contributed by atoms with Crippen LogP contribution in [0.5, 0.6) is 5.75 Å². The van der Waals surface area contributed by atoms with Crippen molar-refractivity contribution < 1.29 is 23.9 Å². The van der Waals surface area contributed by atoms with Gasteiger partial charge in [0.1, 0.15) is 5.75 Å². The van der Waals surface area contributed by atoms with E-state index >= 15 is 0 Å². The van der Waals surface area contributed by atoms with Crippen LogP contribution in [-0.4, -0.2) is 37.2 Å². The summed E-state index contributed by atoms with van der Waals surface area (Å²) < 4.78 is 10.3. The van der Waals surface area contributed by atoms with Crippen molar-refractivity contribution in [3.05, 3.63) is 28.2 Å². The van der Waals surface area contributed by atoms with Crippen LogP contribution in [0.25, 0.3) is 0 Å². The Morgan fingerprint density at radius 1 is 1.13 bits per heavy atom. The van der Waals surface area contributed by atoms with E-state index in [-0.39, 0.29) is 10.8 Å². The van der Waals surface area contributed by atoms with Crippen LogP contribution >= 0.6 is 23.2 Å². The summed E-state index contributed by atoms with van der Waals surface area (Å²) in [6, 6.07) is 3.84. The number of hydrogen-bond donors (Lipinski definition) is 2. The van der Waals surface area contributed by atoms with Gasteiger partial charge in [0.05, 0.1) is 5.02 Å². The van der Waals surface area contributed by atoms with E-state index in [9.17, 15) is 14.4 Å². The third-order valence-electron chi connectivity index (χ3n) is 2.66. The Balaban J connectivity index is 2.59. The van der Waals surface area contributed by atoms with Gasteiger partial charge in [-0.3, -0.25) is 10.1 Å². The van der Waals surface area contributed by atoms with Gasteiger partial charge in [0.2, 0.25) is 0 Å². The fourth-order valence-electron chi connectivity index (χ4n) is 1.41. The minimum absolute atomic E-state index is 0.238. The molecule has 0 saturated heterocycles. The normalized spacial score (nSPS) is 12.7. The number of nitrogens with one attached hydrogen (secondary N) is 2. The summed E-state index contributed by atoms with van der Waals surface area (Å²) in [5, 5.41) is 4.87. The molecule has 0 bridgehead atoms. The lowest BCUT2D eigenvalue weighted by Crippen LogP contribution is -2.44. The molecule has 0 spiro atoms. The van der Waals surface area contributed by atoms with E-state index in [1.165, 1.54) is 33.0 Å². The Morgan fingerprint density at radius 2 is 1.78 bits per heavy atom. The summed E-state index contributed by atoms with van der Waals surface area (Å²) in [5.74, 6) is -1.28. The van der Waals surface area contributed by atoms with Crippen molar-refractivity contribution >= 4 is 41.1 Å². The van der Waals surface area contributed by atoms with E-state index in [1.807, 2.05) is 5.32 Å². The second kappa shape index (κ2) is 8.59. The fourth-order valence-corrected chi connectivity index (χ4v) is 1.86. The van der Waals surface area contributed by atoms with Crippen LogP contribution in [0.15, 0.2) is 18.2 Å². The third-order valence-corrected chi connectivity index (χ3v) is 3.19. The van der Waals surface area contributed by atoms with Crippen molar-refractivity contribution in [1.29, 1.82) is 0 Å². The lowest BCUT2D eigenvalue weighted by atomic mass is 10.3. The van der Waals surface area contributed by atoms with Gasteiger partial charge >= 0.3 is 12.0 Å². The van der Waals surface area contributed by atoms with Crippen LogP contribution in [0.4, 0.5) is 4.79 Å². The summed E-state index contributed by atoms with van der Waals surface area (Å²) in [5.41, 5.74) is 0. The number of benzene rings is 1. The van der Waals surface area contributed by atoms with E-state index in [4.69, 9.17) is 32.7 Å². The number of carbonyl (C=O) groups is 3. The molecule has 126 valence electrons. The van der Waals surface area contributed by atoms with Gasteiger partial charge in [0.25, 0.3) is 5.91 Å². The highest BCUT2D eigenvalue weighted by atomic mass is 35.5. The van der Waals surface area contributed by atoms with Gasteiger partial charge in [0.15, 0.2) is 12.2 Å². The van der Waals surface area contributed by atoms with Gasteiger partial charge in [-0.05, 0) is 32.0 Å². The molecule has 9 heteroatoms. The molecule has 0 unspecified atom stereocenters. The molecule has 0 aromatic heterocycles. The Hall–Kier alpha value is -1.99. The molecule has 0 saturated carbocycles. The highest BCUT2D eigenvalue weighted by Gasteiger charge is 2.24. The first-order valence-corrected chi connectivity index (χ1v) is 7.35. The number of ether oxygens (including phenoxy) is 2. The predicted octanol–water partition coefficient (Wildman–Crippen LogP) is 2.15. The zero-order valence-corrected chi connectivity index (χ0v) is 14.2. The minimum Gasteiger partial charge on any atom is -0.477 e. The number of esters is 1. The molecule has 3 amide bonds. The number of halogens is 2. The third kappa shape index (κ3) is 5.96. The number of hydrogen-bond acceptors (Lipinski definition) is 5. The number of amides is 3. The van der Waals surface area contributed by atoms with Crippen LogP contribution in [0.1, 0.15) is 13.8 Å². The van der Waals surface area contributed by atoms with Gasteiger partial charge in [-0.2, -0.15) is 0 Å². The van der Waals surface area contributed by atoms with E-state index in [0.29, 0.717) is 5.02 Å². The highest BCUT2D eigenvalue weighted by molar-refractivity contribution is 6.35. The van der Waals surface area contributed by atoms with Crippen molar-refractivity contribution in [1.82, 2.24) is 10.6 Å². The van der Waals surface area contributed by atoms with Gasteiger partial charge in [-0.25, -0.2) is 9.59 Å². The molecular formula is C14H16Cl2N2O5. The topological polar surface area (TPSA) is 93.7 Å². The molecule has 23 heavy (non-hydrogen) atoms. The van der Waals surface area contributed by atoms with Crippen molar-refractivity contribution in [3.63, 3.8) is 0 Å². The Bertz CT molecular complexity index is 609. The first-order chi connectivity index (χ1) is 10.7. The average molecular weight is 363 g/mol. The second-order valence-corrected chi connectivity index (χ2v) is 5.33. The number of carbonyl (C=O) groups excluding carboxylic acids is 3. The fraction of sp³-hybridized carbons (Fsp3) is 0.357. The maximum Gasteiger partial charge on any atom is 0.347 e. The average Bonchev–Trinajstić information content (AvgIpc) is 2.49. The minimum atomic E-state index is -1.16. The maximum absolute atomic E-state index is 11.9. The number of urea groups is 1. The summed E-state index contributed by atoms with van der Waals surface area (Å²) in [6.45, 7) is 2.77. The first kappa shape index (κ1) is 19.1. The molecule has 0 aliphatic carbocycles. The maximum atomic E-state index is 11.9. The molecular weight excluding hydrogens is 347 g/mol. The van der Waals surface area contributed by atoms with Gasteiger partial charge in [-0.15, -0.1) is 0 Å². The van der Waals surface area contributed by atoms with E-state index in [1.54, 1.807) is 6.07 Å². The quantitative estimate of drug-likeness (QED) is 0.782. The summed E-state index contributed by atoms with van der Waals surface area (Å²) in [7, 11) is 1.35. The Labute approximate surface area is 143 Å². The molecule has 0 aliphatic rings. The molecule has 2 atom stereocenters. The molecule has 0 fully saturated rings. The lowest BCUT2D eigenvalue weighted by molar-refractivity contribution is -0.160. The van der Waals surface area contributed by atoms with E-state index < -0.39 is 30.1 Å². The summed E-state index contributed by atoms with van der Waals surface area (Å²) >= 11 is 11.7. The van der Waals surface area contributed by atoms with E-state index in [2.05, 4.69) is 5.32 Å². The van der Waals surface area contributed by atoms with Gasteiger partial charge in [0, 0.05) is 12.1 Å². The molecule has 0 heterocycles. The monoisotopic (exact) mass is 362 g/mol. The molecule has 7 nitrogen and oxygen atoms in total. The molecule has 0 aliphatic heterocycles. The lowest BCUT2D eigenvalue weighted by Gasteiger charge is -2.18. The molecule has 1 rings (SSSR count). The SMILES string of the molecule is CNC(=O)NC(=O)[C@@H](C)OC(=O)[C@@H](C)Oc1ccc(Cl)cc1Cl. The molecule has 2 N–H and O–H groups in total. The zero-order valence-electron chi connectivity index (χ0n) is 12.7. The van der Waals surface area contributed by atoms with E-state index in [0.717, 1.165) is 0 Å². The highest BCUT2D eigenvalue weighted by Crippen LogP contribution is 2.28. The van der Waals surface area contributed by atoms with Crippen molar-refractivity contribution in [2.24, 2.45) is 0 Å². The Morgan fingerprint density at radius 3 is 2.35 bits per heavy atom. The smallest absolute Gasteiger partial charge is 0.347 e. The first-order valence-electron chi connectivity index (χ1n) is 6.59. The van der Waals surface area contributed by atoms with Gasteiger partial charge in [-0.1, -0.05) is 23.2 Å². The predicted molar refractivity (Wildman–Crippen MR) is 84.7 cm³/mol. The van der Waals surface area contributed by atoms with Crippen LogP contribution in [0, 0.1) is 0 Å². The second-order valence-electron chi connectivity index (χ2n) is 4.48.